The number of amides is 1. The quantitative estimate of drug-likeness (QED) is 0.644. The van der Waals surface area contributed by atoms with Crippen LogP contribution in [0.2, 0.25) is 0 Å². The van der Waals surface area contributed by atoms with Crippen LogP contribution >= 0.6 is 0 Å². The average molecular weight is 405 g/mol. The van der Waals surface area contributed by atoms with Crippen LogP contribution < -0.4 is 4.74 Å². The number of Topliss-reactive ketones (excluding diaryl/α,β-unsaturated/α-hetero) is 1. The lowest BCUT2D eigenvalue weighted by Gasteiger charge is -2.37. The second kappa shape index (κ2) is 7.63. The van der Waals surface area contributed by atoms with E-state index in [4.69, 9.17) is 9.47 Å². The number of piperidine rings is 1. The molecule has 0 aliphatic carbocycles. The van der Waals surface area contributed by atoms with Gasteiger partial charge in [0.2, 0.25) is 5.78 Å². The van der Waals surface area contributed by atoms with E-state index in [2.05, 4.69) is 0 Å². The van der Waals surface area contributed by atoms with E-state index >= 15 is 0 Å². The number of benzene rings is 2. The van der Waals surface area contributed by atoms with E-state index in [-0.39, 0.29) is 11.9 Å². The van der Waals surface area contributed by atoms with Gasteiger partial charge in [-0.05, 0) is 44.0 Å². The molecule has 2 aromatic rings. The number of hydrogen-bond donors (Lipinski definition) is 0. The standard InChI is InChI=1S/C25H27NO4/c1-24(2,3)30-23(28)26-15-13-25(14-16-26)22(27)20-17-19(11-12-21(20)29-25)10-9-18-7-5-4-6-8-18/h4-12,17H,13-16H2,1-3H3/b10-9+. The predicted octanol–water partition coefficient (Wildman–Crippen LogP) is 5.20. The second-order valence-corrected chi connectivity index (χ2v) is 8.89. The smallest absolute Gasteiger partial charge is 0.410 e. The van der Waals surface area contributed by atoms with Crippen LogP contribution in [0.4, 0.5) is 4.79 Å². The molecule has 30 heavy (non-hydrogen) atoms. The van der Waals surface area contributed by atoms with Gasteiger partial charge in [-0.15, -0.1) is 0 Å². The monoisotopic (exact) mass is 405 g/mol. The summed E-state index contributed by atoms with van der Waals surface area (Å²) in [5, 5.41) is 0. The number of ether oxygens (including phenoxy) is 2. The minimum Gasteiger partial charge on any atom is -0.478 e. The van der Waals surface area contributed by atoms with E-state index < -0.39 is 11.2 Å². The summed E-state index contributed by atoms with van der Waals surface area (Å²) in [6, 6.07) is 15.8. The normalized spacial score (nSPS) is 17.8. The second-order valence-electron chi connectivity index (χ2n) is 8.89. The molecule has 5 heteroatoms. The molecule has 0 bridgehead atoms. The Morgan fingerprint density at radius 2 is 1.70 bits per heavy atom. The van der Waals surface area contributed by atoms with Crippen molar-refractivity contribution in [1.29, 1.82) is 0 Å². The molecule has 0 atom stereocenters. The molecule has 2 aliphatic rings. The summed E-state index contributed by atoms with van der Waals surface area (Å²) in [5.74, 6) is 0.638. The van der Waals surface area contributed by atoms with Gasteiger partial charge in [0.15, 0.2) is 5.60 Å². The Kier molecular flexibility index (Phi) is 5.14. The Hall–Kier alpha value is -3.08. The van der Waals surface area contributed by atoms with Gasteiger partial charge in [-0.1, -0.05) is 48.6 Å². The number of carbonyl (C=O) groups excluding carboxylic acids is 2. The molecular formula is C25H27NO4. The Labute approximate surface area is 177 Å². The molecule has 0 N–H and O–H groups in total. The summed E-state index contributed by atoms with van der Waals surface area (Å²) < 4.78 is 11.6. The lowest BCUT2D eigenvalue weighted by molar-refractivity contribution is -0.00474. The van der Waals surface area contributed by atoms with E-state index in [1.165, 1.54) is 0 Å². The van der Waals surface area contributed by atoms with Crippen molar-refractivity contribution in [1.82, 2.24) is 4.90 Å². The Balaban J connectivity index is 1.45. The lowest BCUT2D eigenvalue weighted by atomic mass is 9.85. The molecular weight excluding hydrogens is 378 g/mol. The molecule has 1 fully saturated rings. The van der Waals surface area contributed by atoms with Crippen molar-refractivity contribution < 1.29 is 19.1 Å². The number of ketones is 1. The van der Waals surface area contributed by atoms with Crippen molar-refractivity contribution in [2.24, 2.45) is 0 Å². The van der Waals surface area contributed by atoms with Gasteiger partial charge in [-0.25, -0.2) is 4.79 Å². The zero-order valence-corrected chi connectivity index (χ0v) is 17.7. The Morgan fingerprint density at radius 1 is 1.03 bits per heavy atom. The van der Waals surface area contributed by atoms with Crippen LogP contribution in [0.25, 0.3) is 12.2 Å². The molecule has 0 saturated carbocycles. The van der Waals surface area contributed by atoms with E-state index in [1.54, 1.807) is 4.90 Å². The van der Waals surface area contributed by atoms with E-state index in [0.29, 0.717) is 37.2 Å². The van der Waals surface area contributed by atoms with E-state index in [1.807, 2.05) is 81.5 Å². The third-order valence-corrected chi connectivity index (χ3v) is 5.46. The first-order chi connectivity index (χ1) is 14.3. The van der Waals surface area contributed by atoms with Crippen molar-refractivity contribution in [3.63, 3.8) is 0 Å². The molecule has 2 aliphatic heterocycles. The fourth-order valence-corrected chi connectivity index (χ4v) is 3.88. The lowest BCUT2D eigenvalue weighted by Crippen LogP contribution is -2.52. The summed E-state index contributed by atoms with van der Waals surface area (Å²) >= 11 is 0. The summed E-state index contributed by atoms with van der Waals surface area (Å²) in [6.45, 7) is 6.42. The Morgan fingerprint density at radius 3 is 2.37 bits per heavy atom. The van der Waals surface area contributed by atoms with Gasteiger partial charge in [-0.3, -0.25) is 4.79 Å². The maximum Gasteiger partial charge on any atom is 0.410 e. The highest BCUT2D eigenvalue weighted by atomic mass is 16.6. The molecule has 1 amide bonds. The number of carbonyl (C=O) groups is 2. The zero-order valence-electron chi connectivity index (χ0n) is 17.7. The largest absolute Gasteiger partial charge is 0.478 e. The molecule has 1 spiro atoms. The highest BCUT2D eigenvalue weighted by molar-refractivity contribution is 6.08. The summed E-state index contributed by atoms with van der Waals surface area (Å²) in [7, 11) is 0. The van der Waals surface area contributed by atoms with Crippen molar-refractivity contribution in [2.45, 2.75) is 44.8 Å². The molecule has 2 heterocycles. The molecule has 4 rings (SSSR count). The topological polar surface area (TPSA) is 55.8 Å². The molecule has 0 radical (unpaired) electrons. The van der Waals surface area contributed by atoms with Gasteiger partial charge < -0.3 is 14.4 Å². The zero-order chi connectivity index (χ0) is 21.4. The molecule has 156 valence electrons. The van der Waals surface area contributed by atoms with Crippen LogP contribution in [-0.4, -0.2) is 41.1 Å². The summed E-state index contributed by atoms with van der Waals surface area (Å²) in [5.41, 5.74) is 1.27. The van der Waals surface area contributed by atoms with Crippen molar-refractivity contribution in [3.8, 4) is 5.75 Å². The van der Waals surface area contributed by atoms with Crippen LogP contribution in [-0.2, 0) is 4.74 Å². The molecule has 0 unspecified atom stereocenters. The minimum absolute atomic E-state index is 0.0105. The highest BCUT2D eigenvalue weighted by Crippen LogP contribution is 2.41. The number of hydrogen-bond acceptors (Lipinski definition) is 4. The Bertz CT molecular complexity index is 980. The third-order valence-electron chi connectivity index (χ3n) is 5.46. The first kappa shape index (κ1) is 20.2. The van der Waals surface area contributed by atoms with Crippen LogP contribution in [0.15, 0.2) is 48.5 Å². The van der Waals surface area contributed by atoms with Gasteiger partial charge >= 0.3 is 6.09 Å². The van der Waals surface area contributed by atoms with Crippen molar-refractivity contribution in [2.75, 3.05) is 13.1 Å². The van der Waals surface area contributed by atoms with E-state index in [9.17, 15) is 9.59 Å². The molecule has 1 saturated heterocycles. The van der Waals surface area contributed by atoms with E-state index in [0.717, 1.165) is 11.1 Å². The van der Waals surface area contributed by atoms with Crippen LogP contribution in [0, 0.1) is 0 Å². The predicted molar refractivity (Wildman–Crippen MR) is 117 cm³/mol. The van der Waals surface area contributed by atoms with Crippen molar-refractivity contribution >= 4 is 24.0 Å². The maximum absolute atomic E-state index is 13.2. The highest BCUT2D eigenvalue weighted by Gasteiger charge is 2.50. The first-order valence-electron chi connectivity index (χ1n) is 10.3. The number of likely N-dealkylation sites (tertiary alicyclic amines) is 1. The van der Waals surface area contributed by atoms with Crippen LogP contribution in [0.5, 0.6) is 5.75 Å². The summed E-state index contributed by atoms with van der Waals surface area (Å²) in [6.07, 6.45) is 4.62. The van der Waals surface area contributed by atoms with Gasteiger partial charge in [0.25, 0.3) is 0 Å². The van der Waals surface area contributed by atoms with Crippen LogP contribution in [0.3, 0.4) is 0 Å². The van der Waals surface area contributed by atoms with Gasteiger partial charge in [0.1, 0.15) is 11.4 Å². The third kappa shape index (κ3) is 4.11. The fraction of sp³-hybridized carbons (Fsp3) is 0.360. The molecule has 2 aromatic carbocycles. The van der Waals surface area contributed by atoms with Crippen molar-refractivity contribution in [3.05, 3.63) is 65.2 Å². The first-order valence-corrected chi connectivity index (χ1v) is 10.3. The number of rotatable bonds is 2. The molecule has 5 nitrogen and oxygen atoms in total. The molecule has 0 aromatic heterocycles. The average Bonchev–Trinajstić information content (AvgIpc) is 2.98. The maximum atomic E-state index is 13.2. The van der Waals surface area contributed by atoms with Gasteiger partial charge in [0.05, 0.1) is 5.56 Å². The number of fused-ring (bicyclic) bond motifs is 1. The fourth-order valence-electron chi connectivity index (χ4n) is 3.88. The summed E-state index contributed by atoms with van der Waals surface area (Å²) in [4.78, 5) is 27.2. The van der Waals surface area contributed by atoms with Crippen LogP contribution in [0.1, 0.15) is 55.1 Å². The SMILES string of the molecule is CC(C)(C)OC(=O)N1CCC2(CC1)Oc1ccc(/C=C/c3ccccc3)cc1C2=O. The van der Waals surface area contributed by atoms with Gasteiger partial charge in [0, 0.05) is 25.9 Å². The number of nitrogens with zero attached hydrogens (tertiary/aromatic N) is 1. The minimum atomic E-state index is -0.872. The van der Waals surface area contributed by atoms with Gasteiger partial charge in [-0.2, -0.15) is 0 Å².